The highest BCUT2D eigenvalue weighted by molar-refractivity contribution is 7.89. The molecule has 1 heterocycles. The summed E-state index contributed by atoms with van der Waals surface area (Å²) in [4.78, 5) is 3.57. The van der Waals surface area contributed by atoms with Crippen LogP contribution in [0.25, 0.3) is 0 Å². The van der Waals surface area contributed by atoms with Crippen molar-refractivity contribution in [1.29, 1.82) is 0 Å². The molecule has 0 saturated heterocycles. The topological polar surface area (TPSA) is 63.4 Å². The van der Waals surface area contributed by atoms with Gasteiger partial charge >= 0.3 is 6.18 Å². The number of oxazole rings is 1. The predicted octanol–water partition coefficient (Wildman–Crippen LogP) is 3.52. The number of aromatic nitrogens is 1. The van der Waals surface area contributed by atoms with Gasteiger partial charge in [0.2, 0.25) is 10.0 Å². The molecule has 132 valence electrons. The van der Waals surface area contributed by atoms with Crippen LogP contribution in [0.3, 0.4) is 0 Å². The number of nitrogens with zero attached hydrogens (tertiary/aromatic N) is 2. The lowest BCUT2D eigenvalue weighted by atomic mass is 10.2. The van der Waals surface area contributed by atoms with Crippen LogP contribution in [-0.2, 0) is 22.6 Å². The van der Waals surface area contributed by atoms with E-state index in [4.69, 9.17) is 16.0 Å². The molecule has 0 amide bonds. The quantitative estimate of drug-likeness (QED) is 0.793. The summed E-state index contributed by atoms with van der Waals surface area (Å²) in [6, 6.07) is 2.13. The van der Waals surface area contributed by atoms with Crippen molar-refractivity contribution < 1.29 is 26.0 Å². The molecule has 0 unspecified atom stereocenters. The van der Waals surface area contributed by atoms with Gasteiger partial charge in [-0.3, -0.25) is 0 Å². The summed E-state index contributed by atoms with van der Waals surface area (Å²) in [5.41, 5.74) is -1.01. The molecule has 0 bridgehead atoms. The second-order valence-electron chi connectivity index (χ2n) is 5.08. The predicted molar refractivity (Wildman–Crippen MR) is 81.2 cm³/mol. The van der Waals surface area contributed by atoms with Crippen molar-refractivity contribution in [3.63, 3.8) is 0 Å². The number of hydrogen-bond acceptors (Lipinski definition) is 4. The zero-order valence-corrected chi connectivity index (χ0v) is 14.3. The third kappa shape index (κ3) is 4.08. The van der Waals surface area contributed by atoms with E-state index >= 15 is 0 Å². The Labute approximate surface area is 142 Å². The van der Waals surface area contributed by atoms with Crippen molar-refractivity contribution in [2.24, 2.45) is 0 Å². The van der Waals surface area contributed by atoms with E-state index in [9.17, 15) is 21.6 Å². The van der Waals surface area contributed by atoms with Crippen LogP contribution in [0.1, 0.15) is 17.2 Å². The van der Waals surface area contributed by atoms with E-state index in [1.54, 1.807) is 6.92 Å². The van der Waals surface area contributed by atoms with Crippen molar-refractivity contribution in [3.05, 3.63) is 46.6 Å². The van der Waals surface area contributed by atoms with Crippen molar-refractivity contribution >= 4 is 21.6 Å². The van der Waals surface area contributed by atoms with Crippen LogP contribution in [0.5, 0.6) is 0 Å². The Morgan fingerprint density at radius 2 is 2.00 bits per heavy atom. The molecule has 2 rings (SSSR count). The molecule has 1 aromatic heterocycles. The fraction of sp³-hybridized carbons (Fsp3) is 0.357. The molecule has 1 aromatic carbocycles. The summed E-state index contributed by atoms with van der Waals surface area (Å²) in [7, 11) is -2.73. The largest absolute Gasteiger partial charge is 0.446 e. The Morgan fingerprint density at radius 3 is 2.50 bits per heavy atom. The van der Waals surface area contributed by atoms with Crippen molar-refractivity contribution in [1.82, 2.24) is 9.29 Å². The van der Waals surface area contributed by atoms with Gasteiger partial charge < -0.3 is 4.42 Å². The molecular weight excluding hydrogens is 369 g/mol. The molecule has 2 aromatic rings. The van der Waals surface area contributed by atoms with E-state index in [-0.39, 0.29) is 17.9 Å². The summed E-state index contributed by atoms with van der Waals surface area (Å²) in [6.45, 7) is 1.75. The number of sulfonamides is 1. The van der Waals surface area contributed by atoms with Gasteiger partial charge in [0.25, 0.3) is 0 Å². The normalized spacial score (nSPS) is 12.8. The third-order valence-corrected chi connectivity index (χ3v) is 5.60. The van der Waals surface area contributed by atoms with Gasteiger partial charge in [0.05, 0.1) is 16.8 Å². The average Bonchev–Trinajstić information content (AvgIpc) is 2.89. The first-order valence-corrected chi connectivity index (χ1v) is 8.58. The van der Waals surface area contributed by atoms with Crippen LogP contribution in [0.2, 0.25) is 5.02 Å². The lowest BCUT2D eigenvalue weighted by molar-refractivity contribution is -0.137. The summed E-state index contributed by atoms with van der Waals surface area (Å²) < 4.78 is 69.0. The minimum Gasteiger partial charge on any atom is -0.446 e. The fourth-order valence-corrected chi connectivity index (χ4v) is 3.63. The Bertz CT molecular complexity index is 834. The number of benzene rings is 1. The SMILES string of the molecule is Cc1cnc(CCN(C)S(=O)(=O)c2ccc(C(F)(F)F)cc2Cl)o1. The minimum atomic E-state index is -4.60. The van der Waals surface area contributed by atoms with E-state index in [1.807, 2.05) is 0 Å². The van der Waals surface area contributed by atoms with Gasteiger partial charge in [0, 0.05) is 20.0 Å². The van der Waals surface area contributed by atoms with E-state index in [0.29, 0.717) is 23.8 Å². The summed E-state index contributed by atoms with van der Waals surface area (Å²) >= 11 is 5.75. The Hall–Kier alpha value is -1.58. The van der Waals surface area contributed by atoms with Gasteiger partial charge in [-0.1, -0.05) is 11.6 Å². The third-order valence-electron chi connectivity index (χ3n) is 3.26. The van der Waals surface area contributed by atoms with Gasteiger partial charge in [0.15, 0.2) is 5.89 Å². The van der Waals surface area contributed by atoms with Crippen molar-refractivity contribution in [2.45, 2.75) is 24.4 Å². The van der Waals surface area contributed by atoms with Crippen LogP contribution >= 0.6 is 11.6 Å². The Balaban J connectivity index is 2.19. The van der Waals surface area contributed by atoms with E-state index < -0.39 is 26.8 Å². The second kappa shape index (κ2) is 6.73. The van der Waals surface area contributed by atoms with Gasteiger partial charge in [-0.05, 0) is 25.1 Å². The summed E-state index contributed by atoms with van der Waals surface area (Å²) in [5.74, 6) is 0.967. The first-order chi connectivity index (χ1) is 11.0. The molecule has 0 atom stereocenters. The number of aryl methyl sites for hydroxylation is 1. The molecule has 0 spiro atoms. The highest BCUT2D eigenvalue weighted by Gasteiger charge is 2.32. The lowest BCUT2D eigenvalue weighted by Gasteiger charge is -2.18. The molecule has 0 aliphatic carbocycles. The number of halogens is 4. The highest BCUT2D eigenvalue weighted by atomic mass is 35.5. The summed E-state index contributed by atoms with van der Waals surface area (Å²) in [5, 5.41) is -0.483. The minimum absolute atomic E-state index is 0.0413. The maximum Gasteiger partial charge on any atom is 0.416 e. The Morgan fingerprint density at radius 1 is 1.33 bits per heavy atom. The first kappa shape index (κ1) is 18.8. The van der Waals surface area contributed by atoms with E-state index in [2.05, 4.69) is 4.98 Å². The molecule has 10 heteroatoms. The van der Waals surface area contributed by atoms with Crippen molar-refractivity contribution in [2.75, 3.05) is 13.6 Å². The van der Waals surface area contributed by atoms with Crippen LogP contribution in [0.15, 0.2) is 33.7 Å². The van der Waals surface area contributed by atoms with Crippen LogP contribution in [0.4, 0.5) is 13.2 Å². The van der Waals surface area contributed by atoms with Gasteiger partial charge in [-0.25, -0.2) is 17.7 Å². The molecule has 0 fully saturated rings. The molecule has 0 aliphatic heterocycles. The van der Waals surface area contributed by atoms with Crippen molar-refractivity contribution in [3.8, 4) is 0 Å². The average molecular weight is 383 g/mol. The lowest BCUT2D eigenvalue weighted by Crippen LogP contribution is -2.29. The first-order valence-electron chi connectivity index (χ1n) is 6.76. The zero-order chi connectivity index (χ0) is 18.1. The maximum absolute atomic E-state index is 12.6. The maximum atomic E-state index is 12.6. The van der Waals surface area contributed by atoms with Gasteiger partial charge in [-0.2, -0.15) is 13.2 Å². The number of hydrogen-bond donors (Lipinski definition) is 0. The molecule has 0 N–H and O–H groups in total. The number of rotatable bonds is 5. The molecule has 5 nitrogen and oxygen atoms in total. The van der Waals surface area contributed by atoms with Gasteiger partial charge in [-0.15, -0.1) is 0 Å². The molecule has 0 aliphatic rings. The van der Waals surface area contributed by atoms with Crippen LogP contribution < -0.4 is 0 Å². The zero-order valence-electron chi connectivity index (χ0n) is 12.8. The second-order valence-corrected chi connectivity index (χ2v) is 7.50. The number of likely N-dealkylation sites (N-methyl/N-ethyl adjacent to an activating group) is 1. The van der Waals surface area contributed by atoms with Crippen LogP contribution in [-0.4, -0.2) is 31.3 Å². The highest BCUT2D eigenvalue weighted by Crippen LogP contribution is 2.34. The molecule has 0 radical (unpaired) electrons. The van der Waals surface area contributed by atoms with E-state index in [1.165, 1.54) is 13.2 Å². The summed E-state index contributed by atoms with van der Waals surface area (Å²) in [6.07, 6.45) is -2.86. The standard InChI is InChI=1S/C14H14ClF3N2O3S/c1-9-8-19-13(23-9)5-6-20(2)24(21,22)12-4-3-10(7-11(12)15)14(16,17)18/h3-4,7-8H,5-6H2,1-2H3. The van der Waals surface area contributed by atoms with E-state index in [0.717, 1.165) is 10.4 Å². The fourth-order valence-electron chi connectivity index (χ4n) is 1.94. The number of alkyl halides is 3. The monoisotopic (exact) mass is 382 g/mol. The van der Waals surface area contributed by atoms with Gasteiger partial charge in [0.1, 0.15) is 10.7 Å². The van der Waals surface area contributed by atoms with Crippen LogP contribution in [0, 0.1) is 6.92 Å². The molecule has 0 saturated carbocycles. The smallest absolute Gasteiger partial charge is 0.416 e. The molecule has 24 heavy (non-hydrogen) atoms. The Kier molecular flexibility index (Phi) is 5.26. The molecular formula is C14H14ClF3N2O3S.